The highest BCUT2D eigenvalue weighted by Gasteiger charge is 2.76. The summed E-state index contributed by atoms with van der Waals surface area (Å²) in [5.41, 5.74) is 2.21. The molecule has 1 N–H and O–H groups in total. The fourth-order valence-corrected chi connectivity index (χ4v) is 2.12. The van der Waals surface area contributed by atoms with Gasteiger partial charge in [-0.25, -0.2) is 5.43 Å². The van der Waals surface area contributed by atoms with Crippen molar-refractivity contribution in [1.82, 2.24) is 5.43 Å². The number of halogens is 7. The van der Waals surface area contributed by atoms with Gasteiger partial charge in [0.25, 0.3) is 0 Å². The molecule has 1 amide bonds. The van der Waals surface area contributed by atoms with Crippen molar-refractivity contribution >= 4 is 12.1 Å². The summed E-state index contributed by atoms with van der Waals surface area (Å²) in [6.07, 6.45) is -5.87. The second kappa shape index (κ2) is 9.03. The minimum Gasteiger partial charge on any atom is -0.489 e. The molecule has 0 heterocycles. The average Bonchev–Trinajstić information content (AvgIpc) is 2.72. The van der Waals surface area contributed by atoms with E-state index in [-0.39, 0.29) is 12.2 Å². The fourth-order valence-electron chi connectivity index (χ4n) is 2.12. The highest BCUT2D eigenvalue weighted by atomic mass is 19.4. The van der Waals surface area contributed by atoms with Crippen molar-refractivity contribution in [2.45, 2.75) is 24.6 Å². The zero-order valence-corrected chi connectivity index (χ0v) is 15.3. The van der Waals surface area contributed by atoms with E-state index >= 15 is 0 Å². The molecule has 2 aromatic rings. The summed E-state index contributed by atoms with van der Waals surface area (Å²) in [5.74, 6) is -15.2. The number of carbonyl (C=O) groups excluding carboxylic acids is 1. The molecule has 0 bridgehead atoms. The van der Waals surface area contributed by atoms with Crippen molar-refractivity contribution < 1.29 is 40.3 Å². The van der Waals surface area contributed by atoms with E-state index in [1.807, 2.05) is 6.07 Å². The van der Waals surface area contributed by atoms with Gasteiger partial charge >= 0.3 is 23.9 Å². The zero-order chi connectivity index (χ0) is 23.3. The molecular weight excluding hydrogens is 435 g/mol. The van der Waals surface area contributed by atoms with E-state index in [0.29, 0.717) is 16.9 Å². The summed E-state index contributed by atoms with van der Waals surface area (Å²) >= 11 is 0. The minimum absolute atomic E-state index is 0.0791. The largest absolute Gasteiger partial charge is 0.489 e. The molecule has 5 nitrogen and oxygen atoms in total. The number of carbonyl (C=O) groups is 1. The Balaban J connectivity index is 1.97. The average molecular weight is 447 g/mol. The predicted molar refractivity (Wildman–Crippen MR) is 93.6 cm³/mol. The Kier molecular flexibility index (Phi) is 6.89. The van der Waals surface area contributed by atoms with Gasteiger partial charge in [-0.05, 0) is 35.9 Å². The first-order chi connectivity index (χ1) is 14.4. The highest BCUT2D eigenvalue weighted by Crippen LogP contribution is 2.46. The SMILES string of the molecule is N#Cc1ccccc1COc1ccc(C=NNC(=O)C(F)(F)C(F)(F)C(F)(F)F)cc1. The number of nitrogens with one attached hydrogen (secondary N) is 1. The number of hydrogen-bond donors (Lipinski definition) is 1. The van der Waals surface area contributed by atoms with Crippen LogP contribution in [0.3, 0.4) is 0 Å². The second-order valence-electron chi connectivity index (χ2n) is 5.97. The van der Waals surface area contributed by atoms with Crippen LogP contribution in [0.15, 0.2) is 53.6 Å². The molecule has 0 saturated carbocycles. The monoisotopic (exact) mass is 447 g/mol. The molecule has 0 aliphatic heterocycles. The topological polar surface area (TPSA) is 74.5 Å². The summed E-state index contributed by atoms with van der Waals surface area (Å²) < 4.78 is 93.5. The van der Waals surface area contributed by atoms with E-state index in [9.17, 15) is 35.5 Å². The molecule has 2 rings (SSSR count). The smallest absolute Gasteiger partial charge is 0.460 e. The predicted octanol–water partition coefficient (Wildman–Crippen LogP) is 4.42. The van der Waals surface area contributed by atoms with Crippen LogP contribution in [-0.4, -0.2) is 30.1 Å². The standard InChI is InChI=1S/C19H12F7N3O2/c20-17(21,18(22,23)19(24,25)26)16(30)29-28-10-12-5-7-15(8-6-12)31-11-14-4-2-1-3-13(14)9-27/h1-8,10H,11H2,(H,29,30). The minimum atomic E-state index is -6.62. The Morgan fingerprint density at radius 2 is 1.65 bits per heavy atom. The molecule has 0 saturated heterocycles. The number of benzene rings is 2. The Bertz CT molecular complexity index is 997. The van der Waals surface area contributed by atoms with Gasteiger partial charge in [0.15, 0.2) is 0 Å². The van der Waals surface area contributed by atoms with Crippen LogP contribution < -0.4 is 10.2 Å². The summed E-state index contributed by atoms with van der Waals surface area (Å²) in [6, 6.07) is 14.3. The number of rotatable bonds is 7. The second-order valence-corrected chi connectivity index (χ2v) is 5.97. The van der Waals surface area contributed by atoms with Crippen LogP contribution in [0.2, 0.25) is 0 Å². The van der Waals surface area contributed by atoms with Crippen molar-refractivity contribution in [3.8, 4) is 11.8 Å². The lowest BCUT2D eigenvalue weighted by Crippen LogP contribution is -2.58. The molecule has 0 aromatic heterocycles. The van der Waals surface area contributed by atoms with E-state index in [0.717, 1.165) is 11.6 Å². The van der Waals surface area contributed by atoms with Gasteiger partial charge < -0.3 is 4.74 Å². The molecule has 0 atom stereocenters. The number of amides is 1. The normalized spacial score (nSPS) is 12.5. The molecule has 0 spiro atoms. The van der Waals surface area contributed by atoms with Gasteiger partial charge in [-0.2, -0.15) is 41.1 Å². The lowest BCUT2D eigenvalue weighted by molar-refractivity contribution is -0.344. The first kappa shape index (κ1) is 23.7. The van der Waals surface area contributed by atoms with E-state index in [1.54, 1.807) is 24.3 Å². The molecule has 0 fully saturated rings. The van der Waals surface area contributed by atoms with Crippen LogP contribution in [-0.2, 0) is 11.4 Å². The number of ether oxygens (including phenoxy) is 1. The summed E-state index contributed by atoms with van der Waals surface area (Å²) in [4.78, 5) is 11.1. The Morgan fingerprint density at radius 1 is 1.03 bits per heavy atom. The van der Waals surface area contributed by atoms with Gasteiger partial charge in [0.05, 0.1) is 17.8 Å². The molecule has 164 valence electrons. The van der Waals surface area contributed by atoms with Gasteiger partial charge in [-0.1, -0.05) is 18.2 Å². The summed E-state index contributed by atoms with van der Waals surface area (Å²) in [5, 5.41) is 12.0. The van der Waals surface area contributed by atoms with Crippen LogP contribution in [0.1, 0.15) is 16.7 Å². The molecule has 31 heavy (non-hydrogen) atoms. The van der Waals surface area contributed by atoms with Gasteiger partial charge in [-0.3, -0.25) is 4.79 Å². The number of nitrogens with zero attached hydrogens (tertiary/aromatic N) is 2. The van der Waals surface area contributed by atoms with Gasteiger partial charge in [0, 0.05) is 5.56 Å². The van der Waals surface area contributed by atoms with Crippen molar-refractivity contribution in [3.05, 3.63) is 65.2 Å². The Morgan fingerprint density at radius 3 is 2.23 bits per heavy atom. The Labute approximate surface area is 170 Å². The summed E-state index contributed by atoms with van der Waals surface area (Å²) in [6.45, 7) is 0.0791. The highest BCUT2D eigenvalue weighted by molar-refractivity contribution is 5.87. The van der Waals surface area contributed by atoms with Crippen LogP contribution in [0.25, 0.3) is 0 Å². The van der Waals surface area contributed by atoms with Crippen molar-refractivity contribution in [3.63, 3.8) is 0 Å². The van der Waals surface area contributed by atoms with Crippen molar-refractivity contribution in [2.75, 3.05) is 0 Å². The maximum Gasteiger partial charge on any atom is 0.460 e. The number of nitriles is 1. The molecule has 0 aliphatic carbocycles. The molecular formula is C19H12F7N3O2. The third-order valence-corrected chi connectivity index (χ3v) is 3.83. The number of alkyl halides is 7. The lowest BCUT2D eigenvalue weighted by atomic mass is 10.1. The molecule has 0 unspecified atom stereocenters. The molecule has 0 radical (unpaired) electrons. The summed E-state index contributed by atoms with van der Waals surface area (Å²) in [7, 11) is 0. The van der Waals surface area contributed by atoms with Gasteiger partial charge in [0.1, 0.15) is 12.4 Å². The number of hydrazone groups is 1. The van der Waals surface area contributed by atoms with Gasteiger partial charge in [0.2, 0.25) is 0 Å². The zero-order valence-electron chi connectivity index (χ0n) is 15.3. The lowest BCUT2D eigenvalue weighted by Gasteiger charge is -2.26. The van der Waals surface area contributed by atoms with Gasteiger partial charge in [-0.15, -0.1) is 0 Å². The van der Waals surface area contributed by atoms with Crippen LogP contribution in [0.5, 0.6) is 5.75 Å². The third kappa shape index (κ3) is 5.30. The first-order valence-corrected chi connectivity index (χ1v) is 8.27. The van der Waals surface area contributed by atoms with E-state index < -0.39 is 23.9 Å². The molecule has 0 aliphatic rings. The van der Waals surface area contributed by atoms with Crippen LogP contribution in [0.4, 0.5) is 30.7 Å². The van der Waals surface area contributed by atoms with E-state index in [4.69, 9.17) is 10.00 Å². The Hall–Kier alpha value is -3.62. The van der Waals surface area contributed by atoms with Crippen LogP contribution in [0, 0.1) is 11.3 Å². The maximum absolute atomic E-state index is 13.2. The van der Waals surface area contributed by atoms with Crippen molar-refractivity contribution in [2.24, 2.45) is 5.10 Å². The van der Waals surface area contributed by atoms with Crippen molar-refractivity contribution in [1.29, 1.82) is 5.26 Å². The third-order valence-electron chi connectivity index (χ3n) is 3.83. The van der Waals surface area contributed by atoms with E-state index in [1.165, 1.54) is 24.3 Å². The quantitative estimate of drug-likeness (QED) is 0.388. The molecule has 12 heteroatoms. The van der Waals surface area contributed by atoms with Crippen LogP contribution >= 0.6 is 0 Å². The maximum atomic E-state index is 13.2. The number of hydrogen-bond acceptors (Lipinski definition) is 4. The van der Waals surface area contributed by atoms with E-state index in [2.05, 4.69) is 5.10 Å². The fraction of sp³-hybridized carbons (Fsp3) is 0.211. The first-order valence-electron chi connectivity index (χ1n) is 8.27. The molecule has 2 aromatic carbocycles.